The van der Waals surface area contributed by atoms with E-state index in [0.717, 1.165) is 22.0 Å². The summed E-state index contributed by atoms with van der Waals surface area (Å²) in [5, 5.41) is 5.17. The molecule has 0 saturated carbocycles. The van der Waals surface area contributed by atoms with Gasteiger partial charge in [0.25, 0.3) is 5.56 Å². The molecule has 3 heteroatoms. The zero-order valence-electron chi connectivity index (χ0n) is 8.60. The van der Waals surface area contributed by atoms with Crippen molar-refractivity contribution in [3.05, 3.63) is 58.1 Å². The van der Waals surface area contributed by atoms with Gasteiger partial charge in [-0.05, 0) is 23.0 Å². The summed E-state index contributed by atoms with van der Waals surface area (Å²) in [6, 6.07) is 9.46. The predicted octanol–water partition coefficient (Wildman–Crippen LogP) is 1.67. The van der Waals surface area contributed by atoms with Crippen LogP contribution in [0.1, 0.15) is 11.3 Å². The van der Waals surface area contributed by atoms with E-state index in [9.17, 15) is 4.79 Å². The summed E-state index contributed by atoms with van der Waals surface area (Å²) < 4.78 is 0. The molecular formula is C13H10N2O. The molecule has 16 heavy (non-hydrogen) atoms. The van der Waals surface area contributed by atoms with Crippen LogP contribution in [-0.4, -0.2) is 4.98 Å². The summed E-state index contributed by atoms with van der Waals surface area (Å²) >= 11 is 0. The molecule has 2 aromatic rings. The number of aromatic nitrogens is 1. The summed E-state index contributed by atoms with van der Waals surface area (Å²) in [5.74, 6) is 0. The molecule has 0 spiro atoms. The van der Waals surface area contributed by atoms with Crippen LogP contribution >= 0.6 is 0 Å². The molecule has 0 saturated heterocycles. The molecule has 1 N–H and O–H groups in total. The highest BCUT2D eigenvalue weighted by Gasteiger charge is 2.08. The molecule has 3 rings (SSSR count). The van der Waals surface area contributed by atoms with Gasteiger partial charge in [-0.15, -0.1) is 0 Å². The summed E-state index contributed by atoms with van der Waals surface area (Å²) in [6.45, 7) is 0.716. The molecule has 1 aliphatic heterocycles. The Kier molecular flexibility index (Phi) is 1.96. The normalized spacial score (nSPS) is 13.2. The Labute approximate surface area is 92.5 Å². The van der Waals surface area contributed by atoms with Gasteiger partial charge in [-0.3, -0.25) is 4.79 Å². The SMILES string of the molecule is O=c1cc2ccccc2c2c(n1)C=CNC2. The monoisotopic (exact) mass is 210 g/mol. The van der Waals surface area contributed by atoms with E-state index in [4.69, 9.17) is 0 Å². The Morgan fingerprint density at radius 3 is 3.06 bits per heavy atom. The number of nitrogens with zero attached hydrogens (tertiary/aromatic N) is 1. The van der Waals surface area contributed by atoms with Gasteiger partial charge in [-0.25, -0.2) is 4.98 Å². The number of fused-ring (bicyclic) bond motifs is 3. The Morgan fingerprint density at radius 1 is 1.25 bits per heavy atom. The molecule has 0 unspecified atom stereocenters. The lowest BCUT2D eigenvalue weighted by Crippen LogP contribution is -2.12. The maximum atomic E-state index is 11.6. The minimum absolute atomic E-state index is 0.191. The molecule has 0 amide bonds. The first kappa shape index (κ1) is 9.09. The largest absolute Gasteiger partial charge is 0.387 e. The third-order valence-electron chi connectivity index (χ3n) is 2.74. The van der Waals surface area contributed by atoms with Gasteiger partial charge in [0.1, 0.15) is 0 Å². The first-order valence-electron chi connectivity index (χ1n) is 5.17. The molecular weight excluding hydrogens is 200 g/mol. The van der Waals surface area contributed by atoms with E-state index in [0.29, 0.717) is 6.54 Å². The van der Waals surface area contributed by atoms with Crippen molar-refractivity contribution in [1.82, 2.24) is 10.3 Å². The van der Waals surface area contributed by atoms with Crippen molar-refractivity contribution in [3.63, 3.8) is 0 Å². The molecule has 1 aliphatic rings. The van der Waals surface area contributed by atoms with Crippen molar-refractivity contribution < 1.29 is 0 Å². The number of hydrogen-bond acceptors (Lipinski definition) is 3. The molecule has 0 atom stereocenters. The van der Waals surface area contributed by atoms with E-state index in [1.54, 1.807) is 6.07 Å². The van der Waals surface area contributed by atoms with Gasteiger partial charge in [0.2, 0.25) is 0 Å². The average Bonchev–Trinajstić information content (AvgIpc) is 2.44. The van der Waals surface area contributed by atoms with E-state index in [1.807, 2.05) is 36.5 Å². The van der Waals surface area contributed by atoms with Gasteiger partial charge >= 0.3 is 0 Å². The van der Waals surface area contributed by atoms with Crippen LogP contribution in [0.15, 0.2) is 41.3 Å². The molecule has 1 aromatic heterocycles. The zero-order chi connectivity index (χ0) is 11.0. The topological polar surface area (TPSA) is 42.0 Å². The van der Waals surface area contributed by atoms with Crippen molar-refractivity contribution >= 4 is 16.8 Å². The second kappa shape index (κ2) is 3.45. The van der Waals surface area contributed by atoms with Crippen LogP contribution in [0.5, 0.6) is 0 Å². The van der Waals surface area contributed by atoms with Crippen LogP contribution in [0.3, 0.4) is 0 Å². The van der Waals surface area contributed by atoms with Crippen LogP contribution in [0, 0.1) is 0 Å². The molecule has 0 aliphatic carbocycles. The third-order valence-corrected chi connectivity index (χ3v) is 2.74. The average molecular weight is 210 g/mol. The molecule has 1 aromatic carbocycles. The number of hydrogen-bond donors (Lipinski definition) is 1. The van der Waals surface area contributed by atoms with Crippen LogP contribution in [0.4, 0.5) is 0 Å². The minimum Gasteiger partial charge on any atom is -0.387 e. The molecule has 78 valence electrons. The van der Waals surface area contributed by atoms with Crippen LogP contribution in [-0.2, 0) is 6.54 Å². The van der Waals surface area contributed by atoms with Crippen LogP contribution < -0.4 is 10.9 Å². The van der Waals surface area contributed by atoms with Gasteiger partial charge in [-0.1, -0.05) is 24.3 Å². The van der Waals surface area contributed by atoms with E-state index in [2.05, 4.69) is 10.3 Å². The zero-order valence-corrected chi connectivity index (χ0v) is 8.60. The van der Waals surface area contributed by atoms with E-state index in [1.165, 1.54) is 0 Å². The van der Waals surface area contributed by atoms with Gasteiger partial charge in [0.15, 0.2) is 0 Å². The van der Waals surface area contributed by atoms with E-state index in [-0.39, 0.29) is 5.56 Å². The van der Waals surface area contributed by atoms with Crippen molar-refractivity contribution in [2.24, 2.45) is 0 Å². The Bertz CT molecular complexity index is 647. The van der Waals surface area contributed by atoms with Crippen LogP contribution in [0.25, 0.3) is 16.8 Å². The molecule has 0 fully saturated rings. The second-order valence-corrected chi connectivity index (χ2v) is 3.76. The van der Waals surface area contributed by atoms with Gasteiger partial charge in [-0.2, -0.15) is 0 Å². The lowest BCUT2D eigenvalue weighted by molar-refractivity contribution is 0.858. The quantitative estimate of drug-likeness (QED) is 0.719. The highest BCUT2D eigenvalue weighted by atomic mass is 16.1. The van der Waals surface area contributed by atoms with E-state index >= 15 is 0 Å². The number of benzene rings is 1. The fourth-order valence-electron chi connectivity index (χ4n) is 2.01. The minimum atomic E-state index is -0.191. The predicted molar refractivity (Wildman–Crippen MR) is 63.9 cm³/mol. The summed E-state index contributed by atoms with van der Waals surface area (Å²) in [6.07, 6.45) is 3.66. The molecule has 2 heterocycles. The molecule has 0 bridgehead atoms. The van der Waals surface area contributed by atoms with Gasteiger partial charge in [0, 0.05) is 18.2 Å². The lowest BCUT2D eigenvalue weighted by Gasteiger charge is -2.09. The first-order chi connectivity index (χ1) is 7.84. The molecule has 0 radical (unpaired) electrons. The van der Waals surface area contributed by atoms with Crippen molar-refractivity contribution in [1.29, 1.82) is 0 Å². The highest BCUT2D eigenvalue weighted by molar-refractivity contribution is 5.86. The van der Waals surface area contributed by atoms with Crippen molar-refractivity contribution in [2.45, 2.75) is 6.54 Å². The Balaban J connectivity index is 2.54. The summed E-state index contributed by atoms with van der Waals surface area (Å²) in [4.78, 5) is 15.7. The Hall–Kier alpha value is -2.16. The first-order valence-corrected chi connectivity index (χ1v) is 5.17. The number of nitrogens with one attached hydrogen (secondary N) is 1. The highest BCUT2D eigenvalue weighted by Crippen LogP contribution is 2.20. The molecule has 3 nitrogen and oxygen atoms in total. The fraction of sp³-hybridized carbons (Fsp3) is 0.0769. The summed E-state index contributed by atoms with van der Waals surface area (Å²) in [5.41, 5.74) is 1.66. The number of rotatable bonds is 0. The third kappa shape index (κ3) is 1.37. The fourth-order valence-corrected chi connectivity index (χ4v) is 2.01. The van der Waals surface area contributed by atoms with Gasteiger partial charge < -0.3 is 5.32 Å². The van der Waals surface area contributed by atoms with Crippen LogP contribution in [0.2, 0.25) is 0 Å². The maximum absolute atomic E-state index is 11.6. The van der Waals surface area contributed by atoms with Crippen molar-refractivity contribution in [3.8, 4) is 0 Å². The maximum Gasteiger partial charge on any atom is 0.270 e. The smallest absolute Gasteiger partial charge is 0.270 e. The lowest BCUT2D eigenvalue weighted by atomic mass is 10.0. The summed E-state index contributed by atoms with van der Waals surface area (Å²) in [7, 11) is 0. The second-order valence-electron chi connectivity index (χ2n) is 3.76. The van der Waals surface area contributed by atoms with E-state index < -0.39 is 0 Å². The Morgan fingerprint density at radius 2 is 2.12 bits per heavy atom. The van der Waals surface area contributed by atoms with Crippen molar-refractivity contribution in [2.75, 3.05) is 0 Å². The van der Waals surface area contributed by atoms with Gasteiger partial charge in [0.05, 0.1) is 5.69 Å². The standard InChI is InChI=1S/C13H10N2O/c16-13-7-9-3-1-2-4-10(9)11-8-14-6-5-12(11)15-13/h1-7,14H,8H2.